The summed E-state index contributed by atoms with van der Waals surface area (Å²) in [4.78, 5) is 0. The Labute approximate surface area is 193 Å². The summed E-state index contributed by atoms with van der Waals surface area (Å²) in [5.41, 5.74) is 2.40. The smallest absolute Gasteiger partial charge is 0.0571 e. The van der Waals surface area contributed by atoms with Crippen molar-refractivity contribution in [1.82, 2.24) is 0 Å². The van der Waals surface area contributed by atoms with E-state index in [9.17, 15) is 5.11 Å². The molecule has 5 aliphatic carbocycles. The van der Waals surface area contributed by atoms with Gasteiger partial charge in [-0.15, -0.1) is 0 Å². The van der Waals surface area contributed by atoms with E-state index >= 15 is 0 Å². The molecule has 5 saturated carbocycles. The minimum absolute atomic E-state index is 0.0762. The molecule has 0 aromatic rings. The van der Waals surface area contributed by atoms with Crippen LogP contribution in [0.15, 0.2) is 0 Å². The summed E-state index contributed by atoms with van der Waals surface area (Å²) in [5, 5.41) is 10.7. The van der Waals surface area contributed by atoms with Gasteiger partial charge in [0.15, 0.2) is 0 Å². The topological polar surface area (TPSA) is 20.2 Å². The van der Waals surface area contributed by atoms with Crippen LogP contribution in [0.3, 0.4) is 0 Å². The molecule has 31 heavy (non-hydrogen) atoms. The van der Waals surface area contributed by atoms with E-state index in [1.165, 1.54) is 57.8 Å². The molecular formula is C30H52O. The summed E-state index contributed by atoms with van der Waals surface area (Å²) in [7, 11) is 0. The van der Waals surface area contributed by atoms with E-state index in [2.05, 4.69) is 55.4 Å². The molecule has 0 amide bonds. The molecule has 178 valence electrons. The lowest BCUT2D eigenvalue weighted by Crippen LogP contribution is -2.67. The maximum absolute atomic E-state index is 10.7. The first-order valence-electron chi connectivity index (χ1n) is 14.0. The van der Waals surface area contributed by atoms with E-state index in [1.54, 1.807) is 0 Å². The Kier molecular flexibility index (Phi) is 4.96. The molecule has 0 aromatic carbocycles. The zero-order valence-corrected chi connectivity index (χ0v) is 22.1. The van der Waals surface area contributed by atoms with Gasteiger partial charge in [0, 0.05) is 0 Å². The van der Waals surface area contributed by atoms with E-state index < -0.39 is 0 Å². The first-order chi connectivity index (χ1) is 14.3. The van der Waals surface area contributed by atoms with Gasteiger partial charge < -0.3 is 5.11 Å². The summed E-state index contributed by atoms with van der Waals surface area (Å²) in [6.45, 7) is 20.9. The van der Waals surface area contributed by atoms with Crippen molar-refractivity contribution in [3.05, 3.63) is 0 Å². The second-order valence-corrected chi connectivity index (χ2v) is 14.9. The van der Waals surface area contributed by atoms with Crippen molar-refractivity contribution in [2.45, 2.75) is 126 Å². The number of hydrogen-bond donors (Lipinski definition) is 1. The van der Waals surface area contributed by atoms with Gasteiger partial charge in [0.25, 0.3) is 0 Å². The largest absolute Gasteiger partial charge is 0.393 e. The summed E-state index contributed by atoms with van der Waals surface area (Å²) in [5.74, 6) is 4.84. The Balaban J connectivity index is 1.52. The predicted octanol–water partition coefficient (Wildman–Crippen LogP) is 8.10. The van der Waals surface area contributed by atoms with E-state index in [0.29, 0.717) is 33.0 Å². The van der Waals surface area contributed by atoms with Crippen LogP contribution in [0.4, 0.5) is 0 Å². The maximum atomic E-state index is 10.7. The standard InChI is InChI=1S/C30H52O/c1-19(2)21-9-11-24-27(21,5)15-17-30(8)25-13-14-26(4)20(3)22(31)10-12-23(26)28(25,6)16-18-29(24,30)7/h19-25,31H,9-18H2,1-8H3/t20?,21-,22+,23-,24-,25+,26-,27-,28+,29+,30-/m1/s1. The van der Waals surface area contributed by atoms with Crippen LogP contribution in [0, 0.1) is 62.6 Å². The fourth-order valence-corrected chi connectivity index (χ4v) is 12.1. The van der Waals surface area contributed by atoms with Crippen molar-refractivity contribution in [2.75, 3.05) is 0 Å². The van der Waals surface area contributed by atoms with Gasteiger partial charge in [-0.2, -0.15) is 0 Å². The number of fused-ring (bicyclic) bond motifs is 7. The van der Waals surface area contributed by atoms with Gasteiger partial charge in [-0.05, 0) is 127 Å². The highest BCUT2D eigenvalue weighted by molar-refractivity contribution is 5.20. The molecule has 1 heteroatoms. The monoisotopic (exact) mass is 428 g/mol. The maximum Gasteiger partial charge on any atom is 0.0571 e. The number of rotatable bonds is 1. The molecule has 1 N–H and O–H groups in total. The Morgan fingerprint density at radius 2 is 1.16 bits per heavy atom. The van der Waals surface area contributed by atoms with Crippen molar-refractivity contribution in [3.63, 3.8) is 0 Å². The first-order valence-corrected chi connectivity index (χ1v) is 14.0. The molecule has 0 radical (unpaired) electrons. The van der Waals surface area contributed by atoms with Gasteiger partial charge >= 0.3 is 0 Å². The third-order valence-corrected chi connectivity index (χ3v) is 14.2. The second kappa shape index (κ2) is 6.76. The highest BCUT2D eigenvalue weighted by atomic mass is 16.3. The lowest BCUT2D eigenvalue weighted by molar-refractivity contribution is -0.253. The van der Waals surface area contributed by atoms with Crippen LogP contribution in [-0.4, -0.2) is 11.2 Å². The Bertz CT molecular complexity index is 728. The molecule has 0 bridgehead atoms. The SMILES string of the molecule is CC(C)[C@H]1CC[C@@H]2[C@]1(C)CC[C@]1(C)[C@H]3CC[C@]4(C)C(C)[C@@H](O)CC[C@H]4[C@]3(C)CC[C@@]21C. The van der Waals surface area contributed by atoms with Crippen LogP contribution in [-0.2, 0) is 0 Å². The zero-order chi connectivity index (χ0) is 22.6. The van der Waals surface area contributed by atoms with Gasteiger partial charge in [-0.25, -0.2) is 0 Å². The zero-order valence-electron chi connectivity index (χ0n) is 22.1. The van der Waals surface area contributed by atoms with Crippen LogP contribution in [0.25, 0.3) is 0 Å². The number of aliphatic hydroxyl groups excluding tert-OH is 1. The summed E-state index contributed by atoms with van der Waals surface area (Å²) < 4.78 is 0. The van der Waals surface area contributed by atoms with Crippen molar-refractivity contribution >= 4 is 0 Å². The van der Waals surface area contributed by atoms with E-state index in [-0.39, 0.29) is 6.10 Å². The van der Waals surface area contributed by atoms with Gasteiger partial charge in [-0.1, -0.05) is 55.4 Å². The van der Waals surface area contributed by atoms with Crippen LogP contribution < -0.4 is 0 Å². The Morgan fingerprint density at radius 1 is 0.613 bits per heavy atom. The molecule has 1 nitrogen and oxygen atoms in total. The van der Waals surface area contributed by atoms with Crippen molar-refractivity contribution in [1.29, 1.82) is 0 Å². The lowest BCUT2D eigenvalue weighted by atomic mass is 9.31. The van der Waals surface area contributed by atoms with Crippen LogP contribution in [0.5, 0.6) is 0 Å². The van der Waals surface area contributed by atoms with Crippen LogP contribution in [0.1, 0.15) is 120 Å². The third kappa shape index (κ3) is 2.60. The molecule has 0 saturated heterocycles. The normalized spacial score (nSPS) is 61.4. The second-order valence-electron chi connectivity index (χ2n) is 14.9. The van der Waals surface area contributed by atoms with E-state index in [0.717, 1.165) is 36.0 Å². The minimum Gasteiger partial charge on any atom is -0.393 e. The van der Waals surface area contributed by atoms with Crippen LogP contribution in [0.2, 0.25) is 0 Å². The highest BCUT2D eigenvalue weighted by Crippen LogP contribution is 2.79. The molecule has 0 spiro atoms. The van der Waals surface area contributed by atoms with Crippen molar-refractivity contribution in [3.8, 4) is 0 Å². The average Bonchev–Trinajstić information content (AvgIpc) is 3.06. The van der Waals surface area contributed by atoms with E-state index in [1.807, 2.05) is 0 Å². The number of aliphatic hydroxyl groups is 1. The van der Waals surface area contributed by atoms with Crippen molar-refractivity contribution < 1.29 is 5.11 Å². The number of hydrogen-bond acceptors (Lipinski definition) is 1. The molecule has 0 heterocycles. The Morgan fingerprint density at radius 3 is 1.77 bits per heavy atom. The van der Waals surface area contributed by atoms with Crippen LogP contribution >= 0.6 is 0 Å². The highest BCUT2D eigenvalue weighted by Gasteiger charge is 2.71. The fraction of sp³-hybridized carbons (Fsp3) is 1.00. The van der Waals surface area contributed by atoms with Gasteiger partial charge in [0.2, 0.25) is 0 Å². The van der Waals surface area contributed by atoms with Gasteiger partial charge in [0.05, 0.1) is 6.10 Å². The molecule has 5 fully saturated rings. The lowest BCUT2D eigenvalue weighted by Gasteiger charge is -2.73. The van der Waals surface area contributed by atoms with Gasteiger partial charge in [-0.3, -0.25) is 0 Å². The predicted molar refractivity (Wildman–Crippen MR) is 131 cm³/mol. The fourth-order valence-electron chi connectivity index (χ4n) is 12.1. The summed E-state index contributed by atoms with van der Waals surface area (Å²) in [6.07, 6.45) is 13.7. The van der Waals surface area contributed by atoms with Crippen molar-refractivity contribution in [2.24, 2.45) is 62.6 Å². The Hall–Kier alpha value is -0.0400. The molecule has 0 aliphatic heterocycles. The molecule has 5 rings (SSSR count). The quantitative estimate of drug-likeness (QED) is 0.447. The minimum atomic E-state index is -0.0762. The average molecular weight is 429 g/mol. The van der Waals surface area contributed by atoms with Gasteiger partial charge in [0.1, 0.15) is 0 Å². The summed E-state index contributed by atoms with van der Waals surface area (Å²) >= 11 is 0. The third-order valence-electron chi connectivity index (χ3n) is 14.2. The molecule has 0 aromatic heterocycles. The van der Waals surface area contributed by atoms with E-state index in [4.69, 9.17) is 0 Å². The summed E-state index contributed by atoms with van der Waals surface area (Å²) in [6, 6.07) is 0. The molecular weight excluding hydrogens is 376 g/mol. The molecule has 11 atom stereocenters. The molecule has 5 aliphatic rings. The molecule has 1 unspecified atom stereocenters. The first kappa shape index (κ1) is 22.7.